The Bertz CT molecular complexity index is 1460. The SMILES string of the molecule is COCCN1CCC(C(=O)N2CC(C3OCCn4c3cc3c(N[C@H](C)c5cccc(C(F)(F)F)c5)nc(C)nc34)C2)CC1. The maximum atomic E-state index is 13.3. The Morgan fingerprint density at radius 1 is 1.16 bits per heavy atom. The summed E-state index contributed by atoms with van der Waals surface area (Å²) >= 11 is 0. The molecule has 1 N–H and O–H groups in total. The van der Waals surface area contributed by atoms with Gasteiger partial charge in [0.2, 0.25) is 5.91 Å². The van der Waals surface area contributed by atoms with Crippen LogP contribution in [0, 0.1) is 18.8 Å². The largest absolute Gasteiger partial charge is 0.416 e. The highest BCUT2D eigenvalue weighted by molar-refractivity contribution is 5.89. The van der Waals surface area contributed by atoms with Crippen LogP contribution in [-0.2, 0) is 27.0 Å². The Morgan fingerprint density at radius 3 is 2.65 bits per heavy atom. The van der Waals surface area contributed by atoms with Gasteiger partial charge >= 0.3 is 6.18 Å². The van der Waals surface area contributed by atoms with Gasteiger partial charge in [0.1, 0.15) is 23.4 Å². The van der Waals surface area contributed by atoms with Crippen molar-refractivity contribution in [1.82, 2.24) is 24.3 Å². The topological polar surface area (TPSA) is 84.8 Å². The van der Waals surface area contributed by atoms with Crippen molar-refractivity contribution >= 4 is 22.8 Å². The van der Waals surface area contributed by atoms with E-state index >= 15 is 0 Å². The lowest BCUT2D eigenvalue weighted by molar-refractivity contribution is -0.150. The minimum atomic E-state index is -4.41. The number of nitrogens with one attached hydrogen (secondary N) is 1. The van der Waals surface area contributed by atoms with E-state index in [9.17, 15) is 18.0 Å². The smallest absolute Gasteiger partial charge is 0.383 e. The number of halogens is 3. The number of piperidine rings is 1. The number of likely N-dealkylation sites (tertiary alicyclic amines) is 2. The average Bonchev–Trinajstić information content (AvgIpc) is 3.34. The molecule has 5 heterocycles. The first kappa shape index (κ1) is 29.8. The van der Waals surface area contributed by atoms with Gasteiger partial charge in [0.05, 0.1) is 24.2 Å². The number of alkyl halides is 3. The summed E-state index contributed by atoms with van der Waals surface area (Å²) in [5.74, 6) is 1.66. The molecule has 12 heteroatoms. The molecule has 2 saturated heterocycles. The number of amides is 1. The molecule has 0 aliphatic carbocycles. The van der Waals surface area contributed by atoms with Crippen molar-refractivity contribution in [3.05, 3.63) is 53.0 Å². The number of carbonyl (C=O) groups is 1. The number of anilines is 1. The number of carbonyl (C=O) groups excluding carboxylic acids is 1. The molecule has 43 heavy (non-hydrogen) atoms. The van der Waals surface area contributed by atoms with E-state index in [0.717, 1.165) is 55.3 Å². The molecule has 0 radical (unpaired) electrons. The molecule has 1 aromatic carbocycles. The van der Waals surface area contributed by atoms with E-state index in [1.165, 1.54) is 12.1 Å². The van der Waals surface area contributed by atoms with Crippen LogP contribution in [0.1, 0.15) is 54.6 Å². The number of ether oxygens (including phenoxy) is 2. The van der Waals surface area contributed by atoms with Crippen molar-refractivity contribution in [1.29, 1.82) is 0 Å². The lowest BCUT2D eigenvalue weighted by Crippen LogP contribution is -2.55. The molecular weight excluding hydrogens is 561 g/mol. The first-order chi connectivity index (χ1) is 20.6. The summed E-state index contributed by atoms with van der Waals surface area (Å²) in [7, 11) is 1.71. The molecule has 2 fully saturated rings. The molecule has 1 unspecified atom stereocenters. The second-order valence-corrected chi connectivity index (χ2v) is 12.0. The maximum Gasteiger partial charge on any atom is 0.416 e. The number of rotatable bonds is 8. The molecule has 232 valence electrons. The average molecular weight is 601 g/mol. The van der Waals surface area contributed by atoms with E-state index in [-0.39, 0.29) is 23.8 Å². The monoisotopic (exact) mass is 600 g/mol. The molecule has 9 nitrogen and oxygen atoms in total. The van der Waals surface area contributed by atoms with Crippen molar-refractivity contribution in [3.8, 4) is 0 Å². The van der Waals surface area contributed by atoms with Crippen LogP contribution < -0.4 is 5.32 Å². The molecule has 2 aromatic heterocycles. The van der Waals surface area contributed by atoms with Gasteiger partial charge in [-0.2, -0.15) is 13.2 Å². The Kier molecular flexibility index (Phi) is 8.36. The van der Waals surface area contributed by atoms with Crippen molar-refractivity contribution in [3.63, 3.8) is 0 Å². The van der Waals surface area contributed by atoms with E-state index < -0.39 is 17.8 Å². The molecule has 0 spiro atoms. The first-order valence-electron chi connectivity index (χ1n) is 15.1. The highest BCUT2D eigenvalue weighted by Gasteiger charge is 2.42. The third kappa shape index (κ3) is 6.09. The summed E-state index contributed by atoms with van der Waals surface area (Å²) in [5, 5.41) is 4.15. The fourth-order valence-electron chi connectivity index (χ4n) is 6.61. The molecule has 3 aliphatic rings. The molecular formula is C31H39F3N6O3. The molecule has 0 bridgehead atoms. The van der Waals surface area contributed by atoms with Crippen LogP contribution in [0.2, 0.25) is 0 Å². The normalized spacial score (nSPS) is 21.1. The van der Waals surface area contributed by atoms with Gasteiger partial charge < -0.3 is 29.2 Å². The predicted molar refractivity (Wildman–Crippen MR) is 156 cm³/mol. The van der Waals surface area contributed by atoms with Crippen LogP contribution in [0.5, 0.6) is 0 Å². The lowest BCUT2D eigenvalue weighted by Gasteiger charge is -2.46. The third-order valence-corrected chi connectivity index (χ3v) is 9.07. The maximum absolute atomic E-state index is 13.3. The Labute approximate surface area is 249 Å². The van der Waals surface area contributed by atoms with E-state index in [4.69, 9.17) is 14.5 Å². The molecule has 1 amide bonds. The minimum Gasteiger partial charge on any atom is -0.383 e. The number of nitrogens with zero attached hydrogens (tertiary/aromatic N) is 5. The van der Waals surface area contributed by atoms with Gasteiger partial charge in [-0.3, -0.25) is 4.79 Å². The second-order valence-electron chi connectivity index (χ2n) is 12.0. The number of hydrogen-bond donors (Lipinski definition) is 1. The van der Waals surface area contributed by atoms with Crippen molar-refractivity contribution in [2.75, 3.05) is 58.4 Å². The Morgan fingerprint density at radius 2 is 1.93 bits per heavy atom. The van der Waals surface area contributed by atoms with Gasteiger partial charge in [0.15, 0.2) is 0 Å². The number of aryl methyl sites for hydroxylation is 1. The molecule has 3 aliphatic heterocycles. The van der Waals surface area contributed by atoms with Gasteiger partial charge in [-0.25, -0.2) is 9.97 Å². The second kappa shape index (κ2) is 12.0. The van der Waals surface area contributed by atoms with Gasteiger partial charge in [0.25, 0.3) is 0 Å². The van der Waals surface area contributed by atoms with Crippen molar-refractivity contribution < 1.29 is 27.4 Å². The van der Waals surface area contributed by atoms with Crippen molar-refractivity contribution in [2.45, 2.75) is 51.6 Å². The zero-order chi connectivity index (χ0) is 30.3. The number of methoxy groups -OCH3 is 1. The molecule has 0 saturated carbocycles. The number of aromatic nitrogens is 3. The van der Waals surface area contributed by atoms with Crippen LogP contribution in [0.4, 0.5) is 19.0 Å². The fraction of sp³-hybridized carbons (Fsp3) is 0.581. The van der Waals surface area contributed by atoms with Gasteiger partial charge in [0, 0.05) is 56.9 Å². The van der Waals surface area contributed by atoms with E-state index in [0.29, 0.717) is 50.1 Å². The summed E-state index contributed by atoms with van der Waals surface area (Å²) in [6.45, 7) is 9.61. The molecule has 6 rings (SSSR count). The molecule has 3 aromatic rings. The quantitative estimate of drug-likeness (QED) is 0.397. The van der Waals surface area contributed by atoms with Crippen LogP contribution in [-0.4, -0.2) is 83.3 Å². The Balaban J connectivity index is 1.16. The zero-order valence-electron chi connectivity index (χ0n) is 24.9. The zero-order valence-corrected chi connectivity index (χ0v) is 24.9. The summed E-state index contributed by atoms with van der Waals surface area (Å²) in [5.41, 5.74) is 1.62. The predicted octanol–water partition coefficient (Wildman–Crippen LogP) is 4.82. The summed E-state index contributed by atoms with van der Waals surface area (Å²) < 4.78 is 53.6. The Hall–Kier alpha value is -3.22. The standard InChI is InChI=1S/C31H39F3N6O3/c1-19(22-5-4-6-24(15-22)31(32,33)34)35-28-25-16-26-27(43-14-12-40(26)29(25)37-20(2)36-28)23-17-39(18-23)30(41)21-7-9-38(10-8-21)11-13-42-3/h4-6,15-16,19,21,23,27H,7-14,17-18H2,1-3H3,(H,35,36,37)/t19-,27?/m1/s1. The fourth-order valence-corrected chi connectivity index (χ4v) is 6.61. The first-order valence-corrected chi connectivity index (χ1v) is 15.1. The molecule has 2 atom stereocenters. The minimum absolute atomic E-state index is 0.0733. The van der Waals surface area contributed by atoms with Gasteiger partial charge in [-0.05, 0) is 63.5 Å². The highest BCUT2D eigenvalue weighted by atomic mass is 19.4. The van der Waals surface area contributed by atoms with E-state index in [1.807, 2.05) is 24.8 Å². The number of benzene rings is 1. The van der Waals surface area contributed by atoms with Crippen LogP contribution in [0.25, 0.3) is 11.0 Å². The van der Waals surface area contributed by atoms with E-state index in [1.54, 1.807) is 13.2 Å². The summed E-state index contributed by atoms with van der Waals surface area (Å²) in [4.78, 5) is 26.9. The van der Waals surface area contributed by atoms with Crippen LogP contribution >= 0.6 is 0 Å². The highest BCUT2D eigenvalue weighted by Crippen LogP contribution is 2.40. The van der Waals surface area contributed by atoms with Crippen LogP contribution in [0.3, 0.4) is 0 Å². The summed E-state index contributed by atoms with van der Waals surface area (Å²) in [6, 6.07) is 6.98. The lowest BCUT2D eigenvalue weighted by atomic mass is 9.87. The number of hydrogen-bond acceptors (Lipinski definition) is 7. The van der Waals surface area contributed by atoms with Crippen molar-refractivity contribution in [2.24, 2.45) is 11.8 Å². The van der Waals surface area contributed by atoms with E-state index in [2.05, 4.69) is 19.8 Å². The third-order valence-electron chi connectivity index (χ3n) is 9.07. The summed E-state index contributed by atoms with van der Waals surface area (Å²) in [6.07, 6.45) is -2.82. The van der Waals surface area contributed by atoms with Gasteiger partial charge in [-0.1, -0.05) is 12.1 Å². The van der Waals surface area contributed by atoms with Gasteiger partial charge in [-0.15, -0.1) is 0 Å². The number of fused-ring (bicyclic) bond motifs is 3. The van der Waals surface area contributed by atoms with Crippen LogP contribution in [0.15, 0.2) is 30.3 Å².